The molecule has 1 spiro atoms. The Kier molecular flexibility index (Phi) is 3.03. The highest BCUT2D eigenvalue weighted by atomic mass is 16.2. The van der Waals surface area contributed by atoms with Crippen molar-refractivity contribution in [2.75, 3.05) is 4.90 Å². The quantitative estimate of drug-likeness (QED) is 0.831. The van der Waals surface area contributed by atoms with Crippen LogP contribution < -0.4 is 10.2 Å². The number of nitrogens with zero attached hydrogens (tertiary/aromatic N) is 3. The van der Waals surface area contributed by atoms with Gasteiger partial charge in [0.25, 0.3) is 5.91 Å². The van der Waals surface area contributed by atoms with E-state index in [4.69, 9.17) is 0 Å². The van der Waals surface area contributed by atoms with Crippen LogP contribution in [0.25, 0.3) is 0 Å². The molecule has 1 N–H and O–H groups in total. The molecule has 1 atom stereocenters. The van der Waals surface area contributed by atoms with E-state index in [1.807, 2.05) is 0 Å². The van der Waals surface area contributed by atoms with Crippen molar-refractivity contribution in [2.24, 2.45) is 7.05 Å². The first-order chi connectivity index (χ1) is 9.53. The van der Waals surface area contributed by atoms with Crippen LogP contribution in [0, 0.1) is 0 Å². The summed E-state index contributed by atoms with van der Waals surface area (Å²) in [6, 6.07) is 1.27. The number of rotatable bonds is 1. The third-order valence-corrected chi connectivity index (χ3v) is 4.41. The van der Waals surface area contributed by atoms with Crippen LogP contribution in [0.2, 0.25) is 0 Å². The van der Waals surface area contributed by atoms with Crippen molar-refractivity contribution in [3.63, 3.8) is 0 Å². The van der Waals surface area contributed by atoms with Crippen LogP contribution in [-0.4, -0.2) is 33.2 Å². The lowest BCUT2D eigenvalue weighted by Gasteiger charge is -2.46. The Morgan fingerprint density at radius 2 is 2.00 bits per heavy atom. The van der Waals surface area contributed by atoms with Gasteiger partial charge in [0, 0.05) is 19.3 Å². The number of amides is 2. The molecule has 6 nitrogen and oxygen atoms in total. The number of aromatic nitrogens is 2. The average Bonchev–Trinajstić information content (AvgIpc) is 2.85. The first-order valence-corrected chi connectivity index (χ1v) is 7.19. The van der Waals surface area contributed by atoms with Gasteiger partial charge in [0.2, 0.25) is 5.91 Å². The second-order valence-corrected chi connectivity index (χ2v) is 5.83. The Labute approximate surface area is 118 Å². The maximum absolute atomic E-state index is 12.9. The second-order valence-electron chi connectivity index (χ2n) is 5.83. The fraction of sp³-hybridized carbons (Fsp3) is 0.643. The number of hydrogen-bond donors (Lipinski definition) is 1. The van der Waals surface area contributed by atoms with Gasteiger partial charge in [-0.3, -0.25) is 19.2 Å². The van der Waals surface area contributed by atoms with Crippen LogP contribution in [0.1, 0.15) is 39.0 Å². The van der Waals surface area contributed by atoms with Gasteiger partial charge >= 0.3 is 0 Å². The molecule has 1 saturated heterocycles. The van der Waals surface area contributed by atoms with Gasteiger partial charge in [-0.15, -0.1) is 0 Å². The van der Waals surface area contributed by atoms with Gasteiger partial charge in [-0.05, 0) is 19.8 Å². The predicted molar refractivity (Wildman–Crippen MR) is 74.1 cm³/mol. The largest absolute Gasteiger partial charge is 0.340 e. The zero-order valence-electron chi connectivity index (χ0n) is 11.9. The van der Waals surface area contributed by atoms with Gasteiger partial charge in [-0.2, -0.15) is 5.10 Å². The summed E-state index contributed by atoms with van der Waals surface area (Å²) in [7, 11) is 1.80. The minimum absolute atomic E-state index is 0.0111. The molecule has 20 heavy (non-hydrogen) atoms. The molecule has 0 radical (unpaired) electrons. The topological polar surface area (TPSA) is 67.2 Å². The molecule has 6 heteroatoms. The van der Waals surface area contributed by atoms with Gasteiger partial charge in [0.05, 0.1) is 0 Å². The highest BCUT2D eigenvalue weighted by Crippen LogP contribution is 2.34. The SMILES string of the molecule is CC1C(=O)NC2(CCCCC2)C(=O)N1c1ccn(C)n1. The molecular weight excluding hydrogens is 256 g/mol. The van der Waals surface area contributed by atoms with Crippen molar-refractivity contribution in [1.82, 2.24) is 15.1 Å². The van der Waals surface area contributed by atoms with Crippen LogP contribution >= 0.6 is 0 Å². The summed E-state index contributed by atoms with van der Waals surface area (Å²) in [4.78, 5) is 26.8. The first kappa shape index (κ1) is 13.1. The molecule has 1 aromatic rings. The zero-order chi connectivity index (χ0) is 14.3. The smallest absolute Gasteiger partial charge is 0.254 e. The van der Waals surface area contributed by atoms with Crippen LogP contribution in [0.3, 0.4) is 0 Å². The summed E-state index contributed by atoms with van der Waals surface area (Å²) in [5.74, 6) is 0.463. The Hall–Kier alpha value is -1.85. The maximum atomic E-state index is 12.9. The molecule has 3 rings (SSSR count). The first-order valence-electron chi connectivity index (χ1n) is 7.19. The summed E-state index contributed by atoms with van der Waals surface area (Å²) in [5, 5.41) is 7.26. The lowest BCUT2D eigenvalue weighted by atomic mass is 9.78. The molecule has 1 aromatic heterocycles. The number of nitrogens with one attached hydrogen (secondary N) is 1. The van der Waals surface area contributed by atoms with Crippen LogP contribution in [0.4, 0.5) is 5.82 Å². The van der Waals surface area contributed by atoms with Crippen molar-refractivity contribution in [2.45, 2.75) is 50.6 Å². The van der Waals surface area contributed by atoms with Crippen LogP contribution in [0.15, 0.2) is 12.3 Å². The summed E-state index contributed by atoms with van der Waals surface area (Å²) < 4.78 is 1.65. The van der Waals surface area contributed by atoms with Crippen molar-refractivity contribution >= 4 is 17.6 Å². The Bertz CT molecular complexity index is 545. The molecule has 1 saturated carbocycles. The molecule has 108 valence electrons. The fourth-order valence-corrected chi connectivity index (χ4v) is 3.25. The van der Waals surface area contributed by atoms with E-state index in [1.165, 1.54) is 0 Å². The molecule has 2 heterocycles. The van der Waals surface area contributed by atoms with Gasteiger partial charge < -0.3 is 5.32 Å². The number of carbonyl (C=O) groups excluding carboxylic acids is 2. The number of piperazine rings is 1. The van der Waals surface area contributed by atoms with E-state index in [1.54, 1.807) is 35.8 Å². The molecule has 0 aromatic carbocycles. The number of hydrogen-bond acceptors (Lipinski definition) is 3. The average molecular weight is 276 g/mol. The molecule has 1 unspecified atom stereocenters. The Balaban J connectivity index is 1.98. The molecule has 0 bridgehead atoms. The van der Waals surface area contributed by atoms with E-state index in [2.05, 4.69) is 10.4 Å². The predicted octanol–water partition coefficient (Wildman–Crippen LogP) is 0.974. The number of anilines is 1. The highest BCUT2D eigenvalue weighted by molar-refractivity contribution is 6.10. The molecule has 2 amide bonds. The van der Waals surface area contributed by atoms with E-state index in [9.17, 15) is 9.59 Å². The van der Waals surface area contributed by atoms with Crippen molar-refractivity contribution in [3.8, 4) is 0 Å². The summed E-state index contributed by atoms with van der Waals surface area (Å²) in [6.45, 7) is 1.75. The lowest BCUT2D eigenvalue weighted by Crippen LogP contribution is -2.70. The molecule has 2 fully saturated rings. The zero-order valence-corrected chi connectivity index (χ0v) is 11.9. The van der Waals surface area contributed by atoms with Crippen LogP contribution in [-0.2, 0) is 16.6 Å². The Morgan fingerprint density at radius 1 is 1.30 bits per heavy atom. The summed E-state index contributed by atoms with van der Waals surface area (Å²) >= 11 is 0. The third-order valence-electron chi connectivity index (χ3n) is 4.41. The van der Waals surface area contributed by atoms with Crippen molar-refractivity contribution in [1.29, 1.82) is 0 Å². The lowest BCUT2D eigenvalue weighted by molar-refractivity contribution is -0.139. The van der Waals surface area contributed by atoms with Crippen molar-refractivity contribution < 1.29 is 9.59 Å². The minimum Gasteiger partial charge on any atom is -0.340 e. The van der Waals surface area contributed by atoms with Gasteiger partial charge in [0.15, 0.2) is 5.82 Å². The summed E-state index contributed by atoms with van der Waals surface area (Å²) in [6.07, 6.45) is 6.34. The molecule has 1 aliphatic heterocycles. The monoisotopic (exact) mass is 276 g/mol. The molecule has 1 aliphatic carbocycles. The standard InChI is InChI=1S/C14H20N4O2/c1-10-12(19)15-14(7-4-3-5-8-14)13(20)18(10)11-6-9-17(2)16-11/h6,9-10H,3-5,7-8H2,1-2H3,(H,15,19). The summed E-state index contributed by atoms with van der Waals surface area (Å²) in [5.41, 5.74) is -0.709. The fourth-order valence-electron chi connectivity index (χ4n) is 3.25. The second kappa shape index (κ2) is 4.61. The van der Waals surface area contributed by atoms with E-state index < -0.39 is 11.6 Å². The van der Waals surface area contributed by atoms with Gasteiger partial charge in [-0.1, -0.05) is 19.3 Å². The number of aryl methyl sites for hydroxylation is 1. The third kappa shape index (κ3) is 1.90. The van der Waals surface area contributed by atoms with Gasteiger partial charge in [0.1, 0.15) is 11.6 Å². The number of carbonyl (C=O) groups is 2. The van der Waals surface area contributed by atoms with Gasteiger partial charge in [-0.25, -0.2) is 0 Å². The van der Waals surface area contributed by atoms with E-state index in [0.29, 0.717) is 5.82 Å². The van der Waals surface area contributed by atoms with Crippen molar-refractivity contribution in [3.05, 3.63) is 12.3 Å². The van der Waals surface area contributed by atoms with E-state index >= 15 is 0 Å². The molecular formula is C14H20N4O2. The van der Waals surface area contributed by atoms with E-state index in [-0.39, 0.29) is 11.8 Å². The normalized spacial score (nSPS) is 25.9. The Morgan fingerprint density at radius 3 is 2.60 bits per heavy atom. The van der Waals surface area contributed by atoms with E-state index in [0.717, 1.165) is 32.1 Å². The maximum Gasteiger partial charge on any atom is 0.254 e. The highest BCUT2D eigenvalue weighted by Gasteiger charge is 2.50. The minimum atomic E-state index is -0.709. The van der Waals surface area contributed by atoms with Crippen LogP contribution in [0.5, 0.6) is 0 Å². The molecule has 2 aliphatic rings.